The summed E-state index contributed by atoms with van der Waals surface area (Å²) in [6, 6.07) is 0. The molecule has 1 nitrogen and oxygen atoms in total. The van der Waals surface area contributed by atoms with E-state index in [9.17, 15) is 0 Å². The van der Waals surface area contributed by atoms with Crippen molar-refractivity contribution in [1.82, 2.24) is 0 Å². The molecule has 0 amide bonds. The molecule has 2 heteroatoms. The van der Waals surface area contributed by atoms with Gasteiger partial charge in [-0.1, -0.05) is 0 Å². The van der Waals surface area contributed by atoms with Crippen LogP contribution in [-0.4, -0.2) is 21.2 Å². The molecule has 0 aromatic rings. The van der Waals surface area contributed by atoms with Crippen LogP contribution >= 0.6 is 0 Å². The second kappa shape index (κ2) is 4.67. The molecule has 0 aliphatic rings. The molecular formula is C5H14AsN. The summed E-state index contributed by atoms with van der Waals surface area (Å²) in [4.78, 5) is 0. The molecule has 0 aliphatic carbocycles. The summed E-state index contributed by atoms with van der Waals surface area (Å²) in [7, 11) is 0. The first kappa shape index (κ1) is 7.52. The van der Waals surface area contributed by atoms with Gasteiger partial charge in [0.05, 0.1) is 0 Å². The van der Waals surface area contributed by atoms with E-state index in [0.29, 0.717) is 0 Å². The molecular weight excluding hydrogens is 149 g/mol. The second-order valence-corrected chi connectivity index (χ2v) is 7.41. The summed E-state index contributed by atoms with van der Waals surface area (Å²) in [5.41, 5.74) is 10.0. The van der Waals surface area contributed by atoms with Gasteiger partial charge in [0, 0.05) is 0 Å². The Morgan fingerprint density at radius 2 is 2.00 bits per heavy atom. The van der Waals surface area contributed by atoms with Gasteiger partial charge in [0.15, 0.2) is 0 Å². The fraction of sp³-hybridized carbons (Fsp3) is 1.00. The van der Waals surface area contributed by atoms with Crippen molar-refractivity contribution in [3.8, 4) is 0 Å². The van der Waals surface area contributed by atoms with E-state index in [2.05, 4.69) is 11.4 Å². The molecule has 0 aromatic heterocycles. The Kier molecular flexibility index (Phi) is 5.02. The SMILES string of the molecule is C[As](C)CCCN. The summed E-state index contributed by atoms with van der Waals surface area (Å²) in [6.07, 6.45) is 1.24. The van der Waals surface area contributed by atoms with Crippen molar-refractivity contribution in [2.75, 3.05) is 6.54 Å². The van der Waals surface area contributed by atoms with Gasteiger partial charge in [-0.15, -0.1) is 0 Å². The van der Waals surface area contributed by atoms with Gasteiger partial charge in [-0.25, -0.2) is 0 Å². The van der Waals surface area contributed by atoms with E-state index in [4.69, 9.17) is 5.73 Å². The molecule has 0 bridgehead atoms. The summed E-state index contributed by atoms with van der Waals surface area (Å²) < 4.78 is 0. The van der Waals surface area contributed by atoms with Gasteiger partial charge >= 0.3 is 50.0 Å². The van der Waals surface area contributed by atoms with Gasteiger partial charge < -0.3 is 0 Å². The van der Waals surface area contributed by atoms with Crippen LogP contribution in [0.4, 0.5) is 0 Å². The zero-order valence-electron chi connectivity index (χ0n) is 5.15. The predicted octanol–water partition coefficient (Wildman–Crippen LogP) is 1.09. The molecule has 7 heavy (non-hydrogen) atoms. The zero-order valence-corrected chi connectivity index (χ0v) is 7.02. The normalized spacial score (nSPS) is 10.3. The summed E-state index contributed by atoms with van der Waals surface area (Å²) in [5, 5.41) is 1.42. The van der Waals surface area contributed by atoms with E-state index in [-0.39, 0.29) is 14.7 Å². The molecule has 0 rings (SSSR count). The van der Waals surface area contributed by atoms with Crippen LogP contribution in [0.25, 0.3) is 0 Å². The number of rotatable bonds is 3. The number of hydrogen-bond acceptors (Lipinski definition) is 1. The molecule has 2 N–H and O–H groups in total. The Hall–Kier alpha value is 0.518. The van der Waals surface area contributed by atoms with Crippen LogP contribution in [0.5, 0.6) is 0 Å². The Morgan fingerprint density at radius 1 is 1.43 bits per heavy atom. The van der Waals surface area contributed by atoms with Gasteiger partial charge in [0.1, 0.15) is 0 Å². The topological polar surface area (TPSA) is 26.0 Å². The van der Waals surface area contributed by atoms with E-state index in [1.807, 2.05) is 0 Å². The maximum absolute atomic E-state index is 5.30. The molecule has 0 saturated carbocycles. The Balaban J connectivity index is 2.68. The van der Waals surface area contributed by atoms with Crippen molar-refractivity contribution in [3.05, 3.63) is 0 Å². The molecule has 0 aliphatic heterocycles. The van der Waals surface area contributed by atoms with Gasteiger partial charge in [0.2, 0.25) is 0 Å². The summed E-state index contributed by atoms with van der Waals surface area (Å²) in [5.74, 6) is 0. The van der Waals surface area contributed by atoms with E-state index >= 15 is 0 Å². The van der Waals surface area contributed by atoms with Crippen LogP contribution < -0.4 is 5.73 Å². The van der Waals surface area contributed by atoms with Crippen molar-refractivity contribution in [1.29, 1.82) is 0 Å². The first-order valence-electron chi connectivity index (χ1n) is 2.62. The number of hydrogen-bond donors (Lipinski definition) is 1. The van der Waals surface area contributed by atoms with Crippen LogP contribution in [-0.2, 0) is 0 Å². The first-order valence-corrected chi connectivity index (χ1v) is 7.70. The molecule has 0 aromatic carbocycles. The van der Waals surface area contributed by atoms with Crippen molar-refractivity contribution < 1.29 is 0 Å². The second-order valence-electron chi connectivity index (χ2n) is 1.95. The van der Waals surface area contributed by atoms with Crippen LogP contribution in [0.15, 0.2) is 0 Å². The van der Waals surface area contributed by atoms with E-state index in [0.717, 1.165) is 6.54 Å². The fourth-order valence-electron chi connectivity index (χ4n) is 0.408. The standard InChI is InChI=1S/C5H14AsN/c1-6(2)4-3-5-7/h3-5,7H2,1-2H3. The third-order valence-corrected chi connectivity index (χ3v) is 3.35. The van der Waals surface area contributed by atoms with Gasteiger partial charge in [-0.2, -0.15) is 0 Å². The van der Waals surface area contributed by atoms with Crippen LogP contribution in [0, 0.1) is 0 Å². The average molecular weight is 163 g/mol. The minimum absolute atomic E-state index is 0.323. The van der Waals surface area contributed by atoms with Crippen molar-refractivity contribution in [2.45, 2.75) is 23.1 Å². The molecule has 0 atom stereocenters. The first-order chi connectivity index (χ1) is 3.27. The van der Waals surface area contributed by atoms with Crippen molar-refractivity contribution >= 4 is 14.7 Å². The molecule has 0 fully saturated rings. The predicted molar refractivity (Wildman–Crippen MR) is 36.0 cm³/mol. The van der Waals surface area contributed by atoms with Crippen molar-refractivity contribution in [3.63, 3.8) is 0 Å². The molecule has 0 radical (unpaired) electrons. The molecule has 0 spiro atoms. The van der Waals surface area contributed by atoms with E-state index in [1.165, 1.54) is 11.6 Å². The molecule has 44 valence electrons. The third kappa shape index (κ3) is 6.52. The minimum atomic E-state index is -0.323. The zero-order chi connectivity index (χ0) is 5.70. The molecule has 0 heterocycles. The Morgan fingerprint density at radius 3 is 2.14 bits per heavy atom. The quantitative estimate of drug-likeness (QED) is 0.619. The van der Waals surface area contributed by atoms with Crippen LogP contribution in [0.2, 0.25) is 16.6 Å². The summed E-state index contributed by atoms with van der Waals surface area (Å²) in [6.45, 7) is 0.882. The summed E-state index contributed by atoms with van der Waals surface area (Å²) >= 11 is -0.323. The third-order valence-electron chi connectivity index (χ3n) is 0.809. The van der Waals surface area contributed by atoms with E-state index < -0.39 is 0 Å². The van der Waals surface area contributed by atoms with Crippen LogP contribution in [0.1, 0.15) is 6.42 Å². The monoisotopic (exact) mass is 163 g/mol. The number of nitrogens with two attached hydrogens (primary N) is 1. The van der Waals surface area contributed by atoms with Gasteiger partial charge in [0.25, 0.3) is 0 Å². The molecule has 0 saturated heterocycles. The van der Waals surface area contributed by atoms with Gasteiger partial charge in [-0.05, 0) is 0 Å². The maximum atomic E-state index is 5.30. The van der Waals surface area contributed by atoms with Gasteiger partial charge in [-0.3, -0.25) is 0 Å². The van der Waals surface area contributed by atoms with Crippen molar-refractivity contribution in [2.24, 2.45) is 5.73 Å². The van der Waals surface area contributed by atoms with Crippen LogP contribution in [0.3, 0.4) is 0 Å². The molecule has 0 unspecified atom stereocenters. The van der Waals surface area contributed by atoms with E-state index in [1.54, 1.807) is 0 Å². The Bertz CT molecular complexity index is 37.1. The fourth-order valence-corrected chi connectivity index (χ4v) is 2.12. The Labute approximate surface area is 50.5 Å². The average Bonchev–Trinajstić information content (AvgIpc) is 1.61.